The quantitative estimate of drug-likeness (QED) is 0.0418. The summed E-state index contributed by atoms with van der Waals surface area (Å²) in [5.74, 6) is -3.51. The van der Waals surface area contributed by atoms with E-state index < -0.39 is 35.3 Å². The third kappa shape index (κ3) is 14.8. The molecular formula is C45H78O7. The highest BCUT2D eigenvalue weighted by Gasteiger charge is 2.67. The highest BCUT2D eigenvalue weighted by molar-refractivity contribution is 6.21. The second-order valence-electron chi connectivity index (χ2n) is 16.6. The molecule has 7 nitrogen and oxygen atoms in total. The van der Waals surface area contributed by atoms with Crippen LogP contribution in [0.25, 0.3) is 0 Å². The summed E-state index contributed by atoms with van der Waals surface area (Å²) in [5.41, 5.74) is -0.310. The van der Waals surface area contributed by atoms with Gasteiger partial charge in [0.2, 0.25) is 0 Å². The first-order valence-corrected chi connectivity index (χ1v) is 22.3. The van der Waals surface area contributed by atoms with Crippen molar-refractivity contribution in [2.24, 2.45) is 5.92 Å². The Morgan fingerprint density at radius 2 is 1.10 bits per heavy atom. The van der Waals surface area contributed by atoms with Crippen molar-refractivity contribution in [2.75, 3.05) is 7.11 Å². The SMILES string of the molecule is CCCCCCCCCCCCCCCCC1=C(C(=O)OC)C(=O)C([C@]23CC(=O)O[C@H]2C[C@](O)(CCCCCCCCCCCCCCCC)O3)C1. The molecule has 3 aliphatic rings. The lowest BCUT2D eigenvalue weighted by Crippen LogP contribution is -2.47. The van der Waals surface area contributed by atoms with E-state index in [-0.39, 0.29) is 24.2 Å². The van der Waals surface area contributed by atoms with Gasteiger partial charge in [0.25, 0.3) is 0 Å². The Kier molecular flexibility index (Phi) is 21.8. The molecular weight excluding hydrogens is 652 g/mol. The van der Waals surface area contributed by atoms with Crippen LogP contribution in [0.5, 0.6) is 0 Å². The van der Waals surface area contributed by atoms with Crippen molar-refractivity contribution in [1.29, 1.82) is 0 Å². The molecule has 0 radical (unpaired) electrons. The van der Waals surface area contributed by atoms with E-state index in [0.29, 0.717) is 19.3 Å². The lowest BCUT2D eigenvalue weighted by Gasteiger charge is -2.33. The van der Waals surface area contributed by atoms with Crippen LogP contribution in [0, 0.1) is 5.92 Å². The van der Waals surface area contributed by atoms with Crippen LogP contribution >= 0.6 is 0 Å². The standard InChI is InChI=1S/C45H78O7/c1-4-6-8-10-12-14-16-18-20-22-24-26-28-30-32-37-34-38(42(47)41(37)43(48)50-3)45-36-40(46)51-39(45)35-44(49,52-45)33-31-29-27-25-23-21-19-17-15-13-11-9-7-5-2/h38-39,49H,4-36H2,1-3H3/t38?,39-,44-,45+/m0/s1. The van der Waals surface area contributed by atoms with Crippen LogP contribution in [0.3, 0.4) is 0 Å². The molecule has 0 amide bonds. The third-order valence-corrected chi connectivity index (χ3v) is 12.2. The molecule has 0 bridgehead atoms. The number of rotatable bonds is 32. The van der Waals surface area contributed by atoms with Gasteiger partial charge in [0, 0.05) is 12.8 Å². The number of unbranched alkanes of at least 4 members (excludes halogenated alkanes) is 26. The normalized spacial score (nSPS) is 24.2. The topological polar surface area (TPSA) is 99.1 Å². The molecule has 52 heavy (non-hydrogen) atoms. The van der Waals surface area contributed by atoms with Gasteiger partial charge in [0.05, 0.1) is 19.4 Å². The number of carbonyl (C=O) groups is 3. The molecule has 1 aliphatic carbocycles. The lowest BCUT2D eigenvalue weighted by atomic mass is 9.78. The summed E-state index contributed by atoms with van der Waals surface area (Å²) in [6.45, 7) is 4.53. The van der Waals surface area contributed by atoms with E-state index in [1.54, 1.807) is 0 Å². The van der Waals surface area contributed by atoms with Crippen LogP contribution in [0.4, 0.5) is 0 Å². The number of hydrogen-bond donors (Lipinski definition) is 1. The van der Waals surface area contributed by atoms with Crippen molar-refractivity contribution in [3.8, 4) is 0 Å². The van der Waals surface area contributed by atoms with Crippen LogP contribution in [0.2, 0.25) is 0 Å². The first-order valence-electron chi connectivity index (χ1n) is 22.3. The average Bonchev–Trinajstić information content (AvgIpc) is 3.72. The predicted molar refractivity (Wildman–Crippen MR) is 210 cm³/mol. The molecule has 0 aromatic heterocycles. The van der Waals surface area contributed by atoms with E-state index in [1.165, 1.54) is 148 Å². The van der Waals surface area contributed by atoms with Gasteiger partial charge >= 0.3 is 11.9 Å². The fraction of sp³-hybridized carbons (Fsp3) is 0.889. The van der Waals surface area contributed by atoms with Crippen molar-refractivity contribution in [2.45, 2.75) is 243 Å². The fourth-order valence-corrected chi connectivity index (χ4v) is 9.10. The molecule has 1 N–H and O–H groups in total. The second kappa shape index (κ2) is 25.4. The Hall–Kier alpha value is -1.73. The van der Waals surface area contributed by atoms with Crippen molar-refractivity contribution < 1.29 is 33.7 Å². The monoisotopic (exact) mass is 731 g/mol. The van der Waals surface area contributed by atoms with Gasteiger partial charge in [-0.1, -0.05) is 186 Å². The summed E-state index contributed by atoms with van der Waals surface area (Å²) in [7, 11) is 1.31. The molecule has 2 fully saturated rings. The van der Waals surface area contributed by atoms with Crippen LogP contribution in [0.1, 0.15) is 226 Å². The van der Waals surface area contributed by atoms with Crippen LogP contribution in [0.15, 0.2) is 11.1 Å². The summed E-state index contributed by atoms with van der Waals surface area (Å²) in [6, 6.07) is 0. The molecule has 2 heterocycles. The maximum Gasteiger partial charge on any atom is 0.341 e. The Labute approximate surface area is 318 Å². The molecule has 2 saturated heterocycles. The van der Waals surface area contributed by atoms with E-state index in [4.69, 9.17) is 14.2 Å². The zero-order valence-corrected chi connectivity index (χ0v) is 33.9. The van der Waals surface area contributed by atoms with Crippen LogP contribution in [-0.2, 0) is 28.6 Å². The van der Waals surface area contributed by atoms with Gasteiger partial charge < -0.3 is 19.3 Å². The van der Waals surface area contributed by atoms with Gasteiger partial charge in [-0.2, -0.15) is 0 Å². The maximum atomic E-state index is 13.9. The van der Waals surface area contributed by atoms with Crippen LogP contribution < -0.4 is 0 Å². The summed E-state index contributed by atoms with van der Waals surface area (Å²) in [5, 5.41) is 11.6. The number of aliphatic hydroxyl groups is 1. The predicted octanol–water partition coefficient (Wildman–Crippen LogP) is 12.0. The second-order valence-corrected chi connectivity index (χ2v) is 16.6. The average molecular weight is 731 g/mol. The van der Waals surface area contributed by atoms with E-state index >= 15 is 0 Å². The molecule has 1 unspecified atom stereocenters. The molecule has 0 aromatic carbocycles. The molecule has 0 saturated carbocycles. The van der Waals surface area contributed by atoms with Gasteiger partial charge in [-0.05, 0) is 25.7 Å². The largest absolute Gasteiger partial charge is 0.465 e. The molecule has 0 aromatic rings. The number of Topliss-reactive ketones (excluding diaryl/α,β-unsaturated/α-hetero) is 1. The minimum atomic E-state index is -1.44. The summed E-state index contributed by atoms with van der Waals surface area (Å²) in [4.78, 5) is 39.4. The smallest absolute Gasteiger partial charge is 0.341 e. The van der Waals surface area contributed by atoms with Gasteiger partial charge in [0.1, 0.15) is 17.3 Å². The maximum absolute atomic E-state index is 13.9. The highest BCUT2D eigenvalue weighted by Crippen LogP contribution is 2.54. The number of allylic oxidation sites excluding steroid dienone is 1. The number of esters is 2. The molecule has 2 aliphatic heterocycles. The van der Waals surface area contributed by atoms with Crippen molar-refractivity contribution >= 4 is 17.7 Å². The number of methoxy groups -OCH3 is 1. The lowest BCUT2D eigenvalue weighted by molar-refractivity contribution is -0.237. The van der Waals surface area contributed by atoms with Crippen molar-refractivity contribution in [1.82, 2.24) is 0 Å². The first-order chi connectivity index (χ1) is 25.3. The Balaban J connectivity index is 1.37. The van der Waals surface area contributed by atoms with Gasteiger partial charge in [0.15, 0.2) is 11.6 Å². The molecule has 300 valence electrons. The fourth-order valence-electron chi connectivity index (χ4n) is 9.10. The minimum absolute atomic E-state index is 0.0737. The van der Waals surface area contributed by atoms with Gasteiger partial charge in [-0.25, -0.2) is 4.79 Å². The summed E-state index contributed by atoms with van der Waals surface area (Å²) in [6.07, 6.45) is 36.3. The molecule has 4 atom stereocenters. The molecule has 0 spiro atoms. The van der Waals surface area contributed by atoms with E-state index in [2.05, 4.69) is 13.8 Å². The first kappa shape index (κ1) is 44.7. The Morgan fingerprint density at radius 1 is 0.673 bits per heavy atom. The molecule has 3 rings (SSSR count). The zero-order valence-electron chi connectivity index (χ0n) is 33.9. The van der Waals surface area contributed by atoms with E-state index in [1.807, 2.05) is 0 Å². The highest BCUT2D eigenvalue weighted by atomic mass is 16.7. The number of ether oxygens (including phenoxy) is 3. The minimum Gasteiger partial charge on any atom is -0.465 e. The number of carbonyl (C=O) groups excluding carboxylic acids is 3. The van der Waals surface area contributed by atoms with Crippen molar-refractivity contribution in [3.05, 3.63) is 11.1 Å². The third-order valence-electron chi connectivity index (χ3n) is 12.2. The van der Waals surface area contributed by atoms with Gasteiger partial charge in [-0.15, -0.1) is 0 Å². The molecule has 7 heteroatoms. The number of fused-ring (bicyclic) bond motifs is 1. The summed E-state index contributed by atoms with van der Waals surface area (Å²) >= 11 is 0. The Bertz CT molecular complexity index is 1070. The van der Waals surface area contributed by atoms with Gasteiger partial charge in [-0.3, -0.25) is 9.59 Å². The van der Waals surface area contributed by atoms with E-state index in [9.17, 15) is 19.5 Å². The number of ketones is 1. The van der Waals surface area contributed by atoms with E-state index in [0.717, 1.165) is 44.1 Å². The Morgan fingerprint density at radius 3 is 1.54 bits per heavy atom. The summed E-state index contributed by atoms with van der Waals surface area (Å²) < 4.78 is 17.2. The van der Waals surface area contributed by atoms with Crippen molar-refractivity contribution in [3.63, 3.8) is 0 Å². The zero-order chi connectivity index (χ0) is 37.5. The number of hydrogen-bond acceptors (Lipinski definition) is 7. The van der Waals surface area contributed by atoms with Crippen LogP contribution in [-0.4, -0.2) is 47.4 Å².